The van der Waals surface area contributed by atoms with Crippen molar-refractivity contribution < 1.29 is 51.3 Å². The van der Waals surface area contributed by atoms with Crippen LogP contribution in [-0.4, -0.2) is 68.8 Å². The molecule has 0 aromatic heterocycles. The third-order valence-electron chi connectivity index (χ3n) is 4.35. The smallest absolute Gasteiger partial charge is 0.303 e. The van der Waals surface area contributed by atoms with Crippen molar-refractivity contribution in [2.45, 2.75) is 67.3 Å². The van der Waals surface area contributed by atoms with Crippen LogP contribution in [0.1, 0.15) is 27.7 Å². The molecule has 1 fully saturated rings. The molecule has 1 saturated heterocycles. The van der Waals surface area contributed by atoms with Gasteiger partial charge in [0.05, 0.1) is 4.90 Å². The van der Waals surface area contributed by atoms with Crippen molar-refractivity contribution in [3.8, 4) is 0 Å². The predicted octanol–water partition coefficient (Wildman–Crippen LogP) is 0.509. The zero-order valence-corrected chi connectivity index (χ0v) is 20.4. The van der Waals surface area contributed by atoms with Crippen LogP contribution in [0.15, 0.2) is 34.1 Å². The van der Waals surface area contributed by atoms with E-state index < -0.39 is 63.8 Å². The summed E-state index contributed by atoms with van der Waals surface area (Å²) in [5.41, 5.74) is -1.03. The van der Waals surface area contributed by atoms with Crippen LogP contribution in [0.5, 0.6) is 0 Å². The van der Waals surface area contributed by atoms with E-state index >= 15 is 0 Å². The number of ether oxygens (including phenoxy) is 5. The number of rotatable bonds is 8. The fourth-order valence-corrected chi connectivity index (χ4v) is 4.75. The summed E-state index contributed by atoms with van der Waals surface area (Å²) in [7, 11) is -3.91. The zero-order valence-electron chi connectivity index (χ0n) is 18.8. The lowest BCUT2D eigenvalue weighted by atomic mass is 9.99. The van der Waals surface area contributed by atoms with Gasteiger partial charge in [0.1, 0.15) is 18.1 Å². The molecule has 14 heteroatoms. The van der Waals surface area contributed by atoms with E-state index in [1.165, 1.54) is 31.2 Å². The van der Waals surface area contributed by atoms with Gasteiger partial charge in [-0.1, -0.05) is 11.8 Å². The van der Waals surface area contributed by atoms with Crippen molar-refractivity contribution >= 4 is 45.7 Å². The Bertz CT molecular complexity index is 1030. The fraction of sp³-hybridized carbons (Fsp3) is 0.500. The first kappa shape index (κ1) is 27.6. The van der Waals surface area contributed by atoms with Gasteiger partial charge in [-0.3, -0.25) is 19.2 Å². The van der Waals surface area contributed by atoms with Gasteiger partial charge >= 0.3 is 23.9 Å². The van der Waals surface area contributed by atoms with E-state index in [9.17, 15) is 27.6 Å². The Morgan fingerprint density at radius 1 is 0.853 bits per heavy atom. The van der Waals surface area contributed by atoms with Gasteiger partial charge in [0.25, 0.3) is 0 Å². The molecule has 1 aromatic rings. The van der Waals surface area contributed by atoms with Gasteiger partial charge in [0, 0.05) is 32.6 Å². The SMILES string of the molecule is CC(=O)OC[C@H]1O[C@@H](Sc2ccc(S(N)(=O)=O)cc2)[C@H](OC(C)=O)[C@@H](OC(C)=O)[C@H]1OC(C)=O. The molecule has 0 saturated carbocycles. The lowest BCUT2D eigenvalue weighted by molar-refractivity contribution is -0.237. The number of hydrogen-bond donors (Lipinski definition) is 1. The second-order valence-corrected chi connectivity index (χ2v) is 9.94. The van der Waals surface area contributed by atoms with Crippen LogP contribution in [0.2, 0.25) is 0 Å². The molecule has 1 aromatic carbocycles. The highest BCUT2D eigenvalue weighted by atomic mass is 32.2. The van der Waals surface area contributed by atoms with Crippen molar-refractivity contribution in [3.63, 3.8) is 0 Å². The highest BCUT2D eigenvalue weighted by Gasteiger charge is 2.52. The van der Waals surface area contributed by atoms with E-state index in [-0.39, 0.29) is 11.5 Å². The van der Waals surface area contributed by atoms with Gasteiger partial charge in [0.2, 0.25) is 10.0 Å². The molecule has 0 bridgehead atoms. The third-order valence-corrected chi connectivity index (χ3v) is 6.44. The minimum atomic E-state index is -3.91. The van der Waals surface area contributed by atoms with E-state index in [4.69, 9.17) is 28.8 Å². The molecule has 1 aliphatic rings. The summed E-state index contributed by atoms with van der Waals surface area (Å²) in [5.74, 6) is -2.82. The number of hydrogen-bond acceptors (Lipinski definition) is 12. The molecule has 12 nitrogen and oxygen atoms in total. The summed E-state index contributed by atoms with van der Waals surface area (Å²) in [5, 5.41) is 5.12. The monoisotopic (exact) mass is 519 g/mol. The Labute approximate surface area is 200 Å². The summed E-state index contributed by atoms with van der Waals surface area (Å²) in [6.07, 6.45) is -4.86. The van der Waals surface area contributed by atoms with Gasteiger partial charge < -0.3 is 23.7 Å². The summed E-state index contributed by atoms with van der Waals surface area (Å²) >= 11 is 1.02. The van der Waals surface area contributed by atoms with Gasteiger partial charge in [-0.2, -0.15) is 0 Å². The van der Waals surface area contributed by atoms with E-state index in [0.717, 1.165) is 32.5 Å². The molecule has 1 heterocycles. The summed E-state index contributed by atoms with van der Waals surface area (Å²) in [4.78, 5) is 47.2. The molecule has 5 atom stereocenters. The normalized spacial score (nSPS) is 24.6. The van der Waals surface area contributed by atoms with Crippen molar-refractivity contribution in [1.82, 2.24) is 0 Å². The molecule has 0 radical (unpaired) electrons. The maximum absolute atomic E-state index is 11.8. The molecule has 0 amide bonds. The Hall–Kier alpha value is -2.68. The average Bonchev–Trinajstić information content (AvgIpc) is 2.69. The molecule has 2 rings (SSSR count). The van der Waals surface area contributed by atoms with Crippen LogP contribution in [0.25, 0.3) is 0 Å². The first-order valence-electron chi connectivity index (χ1n) is 9.88. The number of sulfonamides is 1. The Morgan fingerprint density at radius 3 is 1.82 bits per heavy atom. The first-order chi connectivity index (χ1) is 15.8. The maximum atomic E-state index is 11.8. The number of thioether (sulfide) groups is 1. The molecule has 0 spiro atoms. The zero-order chi connectivity index (χ0) is 25.6. The molecule has 34 heavy (non-hydrogen) atoms. The van der Waals surface area contributed by atoms with Crippen molar-refractivity contribution in [2.24, 2.45) is 5.14 Å². The van der Waals surface area contributed by atoms with Crippen LogP contribution >= 0.6 is 11.8 Å². The summed E-state index contributed by atoms with van der Waals surface area (Å²) in [6, 6.07) is 5.48. The van der Waals surface area contributed by atoms with Crippen molar-refractivity contribution in [3.05, 3.63) is 24.3 Å². The van der Waals surface area contributed by atoms with Crippen molar-refractivity contribution in [1.29, 1.82) is 0 Å². The van der Waals surface area contributed by atoms with E-state index in [1.54, 1.807) is 0 Å². The highest BCUT2D eigenvalue weighted by Crippen LogP contribution is 2.37. The van der Waals surface area contributed by atoms with Gasteiger partial charge in [-0.25, -0.2) is 13.6 Å². The second kappa shape index (κ2) is 11.6. The largest absolute Gasteiger partial charge is 0.463 e. The highest BCUT2D eigenvalue weighted by molar-refractivity contribution is 7.99. The molecule has 2 N–H and O–H groups in total. The number of nitrogens with two attached hydrogens (primary N) is 1. The Kier molecular flexibility index (Phi) is 9.44. The van der Waals surface area contributed by atoms with Crippen LogP contribution in [0.3, 0.4) is 0 Å². The lowest BCUT2D eigenvalue weighted by Crippen LogP contribution is -2.61. The van der Waals surface area contributed by atoms with E-state index in [2.05, 4.69) is 0 Å². The molecular weight excluding hydrogens is 494 g/mol. The number of primary sulfonamides is 1. The van der Waals surface area contributed by atoms with Crippen LogP contribution < -0.4 is 5.14 Å². The minimum absolute atomic E-state index is 0.113. The second-order valence-electron chi connectivity index (χ2n) is 7.20. The van der Waals surface area contributed by atoms with Crippen molar-refractivity contribution in [2.75, 3.05) is 6.61 Å². The van der Waals surface area contributed by atoms with Crippen LogP contribution in [0, 0.1) is 0 Å². The van der Waals surface area contributed by atoms with Crippen LogP contribution in [0.4, 0.5) is 0 Å². The van der Waals surface area contributed by atoms with E-state index in [1.807, 2.05) is 0 Å². The summed E-state index contributed by atoms with van der Waals surface area (Å²) in [6.45, 7) is 4.22. The third kappa shape index (κ3) is 7.97. The maximum Gasteiger partial charge on any atom is 0.303 e. The number of benzene rings is 1. The topological polar surface area (TPSA) is 175 Å². The lowest BCUT2D eigenvalue weighted by Gasteiger charge is -2.44. The van der Waals surface area contributed by atoms with Gasteiger partial charge in [0.15, 0.2) is 18.3 Å². The molecule has 1 aliphatic heterocycles. The first-order valence-corrected chi connectivity index (χ1v) is 12.3. The van der Waals surface area contributed by atoms with E-state index in [0.29, 0.717) is 4.90 Å². The molecule has 188 valence electrons. The fourth-order valence-electron chi connectivity index (χ4n) is 3.13. The summed E-state index contributed by atoms with van der Waals surface area (Å²) < 4.78 is 50.0. The number of carbonyl (C=O) groups excluding carboxylic acids is 4. The van der Waals surface area contributed by atoms with Gasteiger partial charge in [-0.15, -0.1) is 0 Å². The standard InChI is InChI=1S/C20H25NO11S2/c1-10(22)28-9-16-17(29-11(2)23)18(30-12(3)24)19(31-13(4)25)20(32-16)33-14-5-7-15(8-6-14)34(21,26)27/h5-8,16-20H,9H2,1-4H3,(H2,21,26,27)/t16-,17+,18+,19-,20+/m1/s1. The minimum Gasteiger partial charge on any atom is -0.463 e. The Balaban J connectivity index is 2.45. The number of carbonyl (C=O) groups is 4. The van der Waals surface area contributed by atoms with Gasteiger partial charge in [-0.05, 0) is 24.3 Å². The molecular formula is C20H25NO11S2. The quantitative estimate of drug-likeness (QED) is 0.373. The number of esters is 4. The average molecular weight is 520 g/mol. The predicted molar refractivity (Wildman–Crippen MR) is 116 cm³/mol. The van der Waals surface area contributed by atoms with Crippen LogP contribution in [-0.2, 0) is 52.9 Å². The Morgan fingerprint density at radius 2 is 1.35 bits per heavy atom. The molecule has 0 unspecified atom stereocenters. The molecule has 0 aliphatic carbocycles.